The van der Waals surface area contributed by atoms with Gasteiger partial charge in [-0.1, -0.05) is 283 Å². The second-order valence-electron chi connectivity index (χ2n) is 20.6. The van der Waals surface area contributed by atoms with Gasteiger partial charge in [-0.25, -0.2) is 4.57 Å². The molecule has 0 amide bonds. The van der Waals surface area contributed by atoms with E-state index in [0.717, 1.165) is 38.5 Å². The Hall–Kier alpha value is -1.25. The van der Waals surface area contributed by atoms with Crippen LogP contribution in [0.2, 0.25) is 0 Å². The van der Waals surface area contributed by atoms with Gasteiger partial charge in [-0.3, -0.25) is 18.6 Å². The topological polar surface area (TPSA) is 134 Å². The van der Waals surface area contributed by atoms with E-state index >= 15 is 0 Å². The molecule has 0 radical (unpaired) electrons. The summed E-state index contributed by atoms with van der Waals surface area (Å²) in [7, 11) is -4.38. The van der Waals surface area contributed by atoms with Crippen molar-refractivity contribution < 1.29 is 37.6 Å². The second kappa shape index (κ2) is 56.1. The molecule has 0 aromatic heterocycles. The number of hydrogen-bond donors (Lipinski definition) is 2. The maximum absolute atomic E-state index is 12.7. The van der Waals surface area contributed by atoms with Crippen molar-refractivity contribution in [3.05, 3.63) is 12.2 Å². The molecular weight excluding hydrogens is 882 g/mol. The van der Waals surface area contributed by atoms with Gasteiger partial charge in [0.05, 0.1) is 13.2 Å². The van der Waals surface area contributed by atoms with Crippen LogP contribution in [-0.4, -0.2) is 49.3 Å². The van der Waals surface area contributed by atoms with Crippen LogP contribution in [0.15, 0.2) is 12.2 Å². The molecule has 2 atom stereocenters. The summed E-state index contributed by atoms with van der Waals surface area (Å²) in [6, 6.07) is 0. The molecule has 0 aliphatic heterocycles. The van der Waals surface area contributed by atoms with Gasteiger partial charge in [-0.05, 0) is 38.5 Å². The predicted octanol–water partition coefficient (Wildman–Crippen LogP) is 18.9. The van der Waals surface area contributed by atoms with E-state index in [1.54, 1.807) is 0 Å². The highest BCUT2D eigenvalue weighted by atomic mass is 31.2. The number of esters is 2. The van der Waals surface area contributed by atoms with Gasteiger partial charge >= 0.3 is 19.8 Å². The summed E-state index contributed by atoms with van der Waals surface area (Å²) < 4.78 is 33.1. The molecule has 0 saturated carbocycles. The number of rotatable bonds is 58. The van der Waals surface area contributed by atoms with Gasteiger partial charge in [-0.15, -0.1) is 0 Å². The summed E-state index contributed by atoms with van der Waals surface area (Å²) >= 11 is 0. The molecule has 0 aromatic carbocycles. The Bertz CT molecular complexity index is 1140. The largest absolute Gasteiger partial charge is 0.472 e. The average molecular weight is 999 g/mol. The zero-order valence-electron chi connectivity index (χ0n) is 45.8. The Morgan fingerprint density at radius 1 is 0.420 bits per heavy atom. The van der Waals surface area contributed by atoms with Crippen LogP contribution in [0.5, 0.6) is 0 Å². The van der Waals surface area contributed by atoms with E-state index in [1.807, 2.05) is 0 Å². The number of phosphoric acid groups is 1. The second-order valence-corrected chi connectivity index (χ2v) is 22.0. The van der Waals surface area contributed by atoms with Crippen LogP contribution in [0.25, 0.3) is 0 Å². The van der Waals surface area contributed by atoms with E-state index < -0.39 is 26.5 Å². The lowest BCUT2D eigenvalue weighted by atomic mass is 10.0. The van der Waals surface area contributed by atoms with E-state index in [9.17, 15) is 19.0 Å². The van der Waals surface area contributed by atoms with Gasteiger partial charge < -0.3 is 20.1 Å². The van der Waals surface area contributed by atoms with E-state index in [0.29, 0.717) is 6.42 Å². The van der Waals surface area contributed by atoms with Crippen LogP contribution in [0.1, 0.15) is 322 Å². The number of hydrogen-bond acceptors (Lipinski definition) is 8. The van der Waals surface area contributed by atoms with Crippen molar-refractivity contribution in [1.29, 1.82) is 0 Å². The van der Waals surface area contributed by atoms with Crippen LogP contribution >= 0.6 is 7.82 Å². The fraction of sp³-hybridized carbons (Fsp3) is 0.932. The molecule has 0 heterocycles. The number of phosphoric ester groups is 1. The molecule has 0 aromatic rings. The Morgan fingerprint density at radius 2 is 0.710 bits per heavy atom. The summed E-state index contributed by atoms with van der Waals surface area (Å²) in [5.41, 5.74) is 5.38. The van der Waals surface area contributed by atoms with Crippen LogP contribution in [0.4, 0.5) is 0 Å². The van der Waals surface area contributed by atoms with Gasteiger partial charge in [0.15, 0.2) is 6.10 Å². The molecule has 10 heteroatoms. The third-order valence-corrected chi connectivity index (χ3v) is 14.6. The molecule has 0 saturated heterocycles. The molecule has 9 nitrogen and oxygen atoms in total. The van der Waals surface area contributed by atoms with Crippen molar-refractivity contribution in [3.8, 4) is 0 Å². The van der Waals surface area contributed by atoms with Crippen molar-refractivity contribution in [1.82, 2.24) is 0 Å². The number of nitrogens with two attached hydrogens (primary N) is 1. The first-order valence-corrected chi connectivity index (χ1v) is 31.7. The lowest BCUT2D eigenvalue weighted by Gasteiger charge is -2.19. The molecule has 3 N–H and O–H groups in total. The molecule has 0 spiro atoms. The minimum Gasteiger partial charge on any atom is -0.462 e. The highest BCUT2D eigenvalue weighted by Crippen LogP contribution is 2.43. The highest BCUT2D eigenvalue weighted by molar-refractivity contribution is 7.47. The number of allylic oxidation sites excluding steroid dienone is 2. The summed E-state index contributed by atoms with van der Waals surface area (Å²) in [6.07, 6.45) is 64.2. The number of carbonyl (C=O) groups is 2. The number of carbonyl (C=O) groups excluding carboxylic acids is 2. The van der Waals surface area contributed by atoms with Crippen molar-refractivity contribution >= 4 is 19.8 Å². The first-order valence-electron chi connectivity index (χ1n) is 30.2. The van der Waals surface area contributed by atoms with Crippen molar-refractivity contribution in [3.63, 3.8) is 0 Å². The predicted molar refractivity (Wildman–Crippen MR) is 294 cm³/mol. The molecular formula is C59H116NO8P. The van der Waals surface area contributed by atoms with Gasteiger partial charge in [0.25, 0.3) is 0 Å². The third kappa shape index (κ3) is 55.9. The number of ether oxygens (including phenoxy) is 2. The quantitative estimate of drug-likeness (QED) is 0.0264. The average Bonchev–Trinajstić information content (AvgIpc) is 3.34. The summed E-state index contributed by atoms with van der Waals surface area (Å²) in [4.78, 5) is 35.2. The summed E-state index contributed by atoms with van der Waals surface area (Å²) in [6.45, 7) is 3.81. The lowest BCUT2D eigenvalue weighted by Crippen LogP contribution is -2.29. The van der Waals surface area contributed by atoms with Crippen LogP contribution in [0, 0.1) is 0 Å². The van der Waals surface area contributed by atoms with Crippen molar-refractivity contribution in [2.75, 3.05) is 26.4 Å². The van der Waals surface area contributed by atoms with Crippen LogP contribution < -0.4 is 5.73 Å². The fourth-order valence-electron chi connectivity index (χ4n) is 9.16. The SMILES string of the molecule is CCCCCCCCCC/C=C\CCCCCCCCCCCC(=O)OC(COC(=O)CCCCCCCCCCCCCCCCCCCCCCCCCCCCC)COP(=O)(O)OCCN. The minimum atomic E-state index is -4.38. The maximum Gasteiger partial charge on any atom is 0.472 e. The van der Waals surface area contributed by atoms with Crippen LogP contribution in [0.3, 0.4) is 0 Å². The first-order chi connectivity index (χ1) is 33.8. The van der Waals surface area contributed by atoms with Gasteiger partial charge in [0, 0.05) is 19.4 Å². The summed E-state index contributed by atoms with van der Waals surface area (Å²) in [5, 5.41) is 0. The fourth-order valence-corrected chi connectivity index (χ4v) is 9.93. The van der Waals surface area contributed by atoms with E-state index in [-0.39, 0.29) is 38.6 Å². The number of unbranched alkanes of at least 4 members (excludes halogenated alkanes) is 43. The molecule has 410 valence electrons. The molecule has 69 heavy (non-hydrogen) atoms. The first kappa shape index (κ1) is 67.8. The molecule has 2 unspecified atom stereocenters. The lowest BCUT2D eigenvalue weighted by molar-refractivity contribution is -0.161. The van der Waals surface area contributed by atoms with Crippen molar-refractivity contribution in [2.24, 2.45) is 5.73 Å². The highest BCUT2D eigenvalue weighted by Gasteiger charge is 2.26. The molecule has 0 bridgehead atoms. The Balaban J connectivity index is 3.89. The molecule has 0 rings (SSSR count). The van der Waals surface area contributed by atoms with E-state index in [2.05, 4.69) is 26.0 Å². The molecule has 0 fully saturated rings. The Morgan fingerprint density at radius 3 is 1.03 bits per heavy atom. The standard InChI is InChI=1S/C59H116NO8P/c1-3-5-7-9-11-13-15-17-19-21-23-25-26-27-28-29-30-32-33-35-37-39-41-43-45-47-49-51-58(61)65-55-57(56-67-69(63,64)66-54-53-60)68-59(62)52-50-48-46-44-42-40-38-36-34-31-24-22-20-18-16-14-12-10-8-6-4-2/h22,24,57H,3-21,23,25-56,60H2,1-2H3,(H,63,64)/b24-22-. The Labute approximate surface area is 428 Å². The zero-order chi connectivity index (χ0) is 50.2. The normalized spacial score (nSPS) is 13.0. The Kier molecular flexibility index (Phi) is 55.0. The van der Waals surface area contributed by atoms with Gasteiger partial charge in [0.1, 0.15) is 6.61 Å². The zero-order valence-corrected chi connectivity index (χ0v) is 46.7. The van der Waals surface area contributed by atoms with Crippen LogP contribution in [-0.2, 0) is 32.7 Å². The van der Waals surface area contributed by atoms with Gasteiger partial charge in [-0.2, -0.15) is 0 Å². The maximum atomic E-state index is 12.7. The van der Waals surface area contributed by atoms with Crippen molar-refractivity contribution in [2.45, 2.75) is 328 Å². The van der Waals surface area contributed by atoms with Gasteiger partial charge in [0.2, 0.25) is 0 Å². The van der Waals surface area contributed by atoms with E-state index in [1.165, 1.54) is 250 Å². The monoisotopic (exact) mass is 998 g/mol. The minimum absolute atomic E-state index is 0.0565. The smallest absolute Gasteiger partial charge is 0.462 e. The molecule has 0 aliphatic carbocycles. The van der Waals surface area contributed by atoms with E-state index in [4.69, 9.17) is 24.3 Å². The molecule has 0 aliphatic rings. The third-order valence-electron chi connectivity index (χ3n) is 13.7. The summed E-state index contributed by atoms with van der Waals surface area (Å²) in [5.74, 6) is -0.809.